The van der Waals surface area contributed by atoms with Crippen LogP contribution in [0.5, 0.6) is 0 Å². The lowest BCUT2D eigenvalue weighted by atomic mass is 10.5. The summed E-state index contributed by atoms with van der Waals surface area (Å²) in [5.41, 5.74) is 0. The van der Waals surface area contributed by atoms with Crippen LogP contribution >= 0.6 is 63.7 Å². The Balaban J connectivity index is 4.89. The fourth-order valence-electron chi connectivity index (χ4n) is 2.89. The van der Waals surface area contributed by atoms with E-state index >= 15 is 0 Å². The summed E-state index contributed by atoms with van der Waals surface area (Å²) in [4.78, 5) is 2.55. The number of rotatable bonds is 8. The predicted octanol–water partition coefficient (Wildman–Crippen LogP) is 6.57. The van der Waals surface area contributed by atoms with Crippen LogP contribution < -0.4 is 0 Å². The Morgan fingerprint density at radius 1 is 0.588 bits per heavy atom. The molecule has 104 valence electrons. The molecule has 0 amide bonds. The van der Waals surface area contributed by atoms with Crippen LogP contribution in [0.4, 0.5) is 0 Å². The van der Waals surface area contributed by atoms with Crippen LogP contribution in [0.25, 0.3) is 0 Å². The van der Waals surface area contributed by atoms with Crippen molar-refractivity contribution in [3.05, 3.63) is 0 Å². The predicted molar refractivity (Wildman–Crippen MR) is 98.5 cm³/mol. The van der Waals surface area contributed by atoms with Crippen molar-refractivity contribution < 1.29 is 0 Å². The Labute approximate surface area is 142 Å². The van der Waals surface area contributed by atoms with Crippen LogP contribution in [0.2, 0.25) is 24.2 Å². The molecule has 0 nitrogen and oxygen atoms in total. The zero-order valence-electron chi connectivity index (χ0n) is 11.1. The second kappa shape index (κ2) is 9.14. The quantitative estimate of drug-likeness (QED) is 0.253. The molecule has 0 N–H and O–H groups in total. The van der Waals surface area contributed by atoms with Crippen LogP contribution in [0.15, 0.2) is 0 Å². The number of hydrogen-bond donors (Lipinski definition) is 0. The number of hydrogen-bond acceptors (Lipinski definition) is 0. The highest BCUT2D eigenvalue weighted by Crippen LogP contribution is 2.37. The van der Waals surface area contributed by atoms with Gasteiger partial charge in [0.2, 0.25) is 0 Å². The molecule has 0 aromatic carbocycles. The summed E-state index contributed by atoms with van der Waals surface area (Å²) < 4.78 is 0. The van der Waals surface area contributed by atoms with Crippen molar-refractivity contribution in [3.8, 4) is 0 Å². The number of halogens is 4. The summed E-state index contributed by atoms with van der Waals surface area (Å²) in [6.07, 6.45) is 0. The molecule has 0 rings (SSSR count). The van der Waals surface area contributed by atoms with Gasteiger partial charge in [0.15, 0.2) is 0 Å². The Morgan fingerprint density at radius 3 is 0.882 bits per heavy atom. The van der Waals surface area contributed by atoms with Crippen molar-refractivity contribution in [2.45, 2.75) is 71.2 Å². The Bertz CT molecular complexity index is 159. The standard InChI is InChI=1S/C12H24Br4Si/c1-9(13)5-17(6-10(2)14,7-11(3)15)8-12(4)16/h9-12H,5-8H2,1-4H3. The highest BCUT2D eigenvalue weighted by molar-refractivity contribution is 9.10. The second-order valence-corrected chi connectivity index (χ2v) is 16.3. The molecule has 0 aliphatic rings. The van der Waals surface area contributed by atoms with Gasteiger partial charge >= 0.3 is 0 Å². The third kappa shape index (κ3) is 9.64. The molecule has 0 heterocycles. The summed E-state index contributed by atoms with van der Waals surface area (Å²) in [7, 11) is -1.24. The van der Waals surface area contributed by atoms with Gasteiger partial charge in [-0.2, -0.15) is 0 Å². The average molecular weight is 516 g/mol. The minimum absolute atomic E-state index is 0.637. The molecule has 0 fully saturated rings. The fourth-order valence-corrected chi connectivity index (χ4v) is 16.9. The van der Waals surface area contributed by atoms with Gasteiger partial charge in [-0.15, -0.1) is 0 Å². The molecule has 0 aliphatic heterocycles. The van der Waals surface area contributed by atoms with E-state index in [-0.39, 0.29) is 0 Å². The zero-order chi connectivity index (χ0) is 13.6. The second-order valence-electron chi connectivity index (χ2n) is 5.44. The van der Waals surface area contributed by atoms with E-state index in [4.69, 9.17) is 0 Å². The molecule has 0 spiro atoms. The SMILES string of the molecule is CC(Br)C[Si](CC(C)Br)(CC(C)Br)CC(C)Br. The van der Waals surface area contributed by atoms with Crippen LogP contribution in [-0.4, -0.2) is 27.4 Å². The minimum Gasteiger partial charge on any atom is -0.0897 e. The minimum atomic E-state index is -1.24. The van der Waals surface area contributed by atoms with Gasteiger partial charge in [0.1, 0.15) is 0 Å². The molecule has 0 aromatic rings. The maximum absolute atomic E-state index is 3.77. The van der Waals surface area contributed by atoms with Crippen LogP contribution in [-0.2, 0) is 0 Å². The maximum atomic E-state index is 3.77. The molecule has 0 aliphatic carbocycles. The van der Waals surface area contributed by atoms with E-state index in [0.29, 0.717) is 19.3 Å². The lowest BCUT2D eigenvalue weighted by Crippen LogP contribution is -2.41. The van der Waals surface area contributed by atoms with Crippen molar-refractivity contribution in [2.24, 2.45) is 0 Å². The van der Waals surface area contributed by atoms with Gasteiger partial charge in [0, 0.05) is 19.3 Å². The van der Waals surface area contributed by atoms with E-state index in [0.717, 1.165) is 0 Å². The van der Waals surface area contributed by atoms with Crippen molar-refractivity contribution in [1.82, 2.24) is 0 Å². The molecule has 4 unspecified atom stereocenters. The molecule has 0 saturated carbocycles. The van der Waals surface area contributed by atoms with E-state index < -0.39 is 8.07 Å². The summed E-state index contributed by atoms with van der Waals surface area (Å²) in [6.45, 7) is 9.16. The van der Waals surface area contributed by atoms with Crippen LogP contribution in [0.1, 0.15) is 27.7 Å². The normalized spacial score (nSPS) is 22.6. The average Bonchev–Trinajstić information content (AvgIpc) is 1.95. The third-order valence-corrected chi connectivity index (χ3v) is 12.5. The first-order chi connectivity index (χ1) is 7.67. The third-order valence-electron chi connectivity index (χ3n) is 2.86. The van der Waals surface area contributed by atoms with Gasteiger partial charge in [-0.1, -0.05) is 91.4 Å². The molecule has 0 radical (unpaired) electrons. The van der Waals surface area contributed by atoms with Crippen molar-refractivity contribution in [2.75, 3.05) is 0 Å². The topological polar surface area (TPSA) is 0 Å². The fraction of sp³-hybridized carbons (Fsp3) is 1.00. The summed E-state index contributed by atoms with van der Waals surface area (Å²) in [5.74, 6) is 0. The first-order valence-corrected chi connectivity index (χ1v) is 12.7. The molecule has 17 heavy (non-hydrogen) atoms. The van der Waals surface area contributed by atoms with Gasteiger partial charge < -0.3 is 0 Å². The van der Waals surface area contributed by atoms with Gasteiger partial charge in [0.05, 0.1) is 8.07 Å². The Kier molecular flexibility index (Phi) is 10.3. The summed E-state index contributed by atoms with van der Waals surface area (Å²) in [5, 5.41) is 0. The lowest BCUT2D eigenvalue weighted by molar-refractivity contribution is 0.920. The highest BCUT2D eigenvalue weighted by atomic mass is 79.9. The molecule has 4 atom stereocenters. The van der Waals surface area contributed by atoms with E-state index in [1.807, 2.05) is 0 Å². The van der Waals surface area contributed by atoms with E-state index in [1.165, 1.54) is 24.2 Å². The first kappa shape index (κ1) is 19.1. The molecular weight excluding hydrogens is 492 g/mol. The highest BCUT2D eigenvalue weighted by Gasteiger charge is 2.36. The first-order valence-electron chi connectivity index (χ1n) is 6.23. The number of alkyl halides is 4. The molecule has 0 saturated heterocycles. The zero-order valence-corrected chi connectivity index (χ0v) is 18.5. The molecule has 0 aromatic heterocycles. The van der Waals surface area contributed by atoms with Gasteiger partial charge in [-0.25, -0.2) is 0 Å². The Hall–Kier alpha value is 2.14. The summed E-state index contributed by atoms with van der Waals surface area (Å²) in [6, 6.07) is 5.48. The smallest absolute Gasteiger partial charge is 0.0579 e. The van der Waals surface area contributed by atoms with E-state index in [1.54, 1.807) is 0 Å². The van der Waals surface area contributed by atoms with Gasteiger partial charge in [0.25, 0.3) is 0 Å². The van der Waals surface area contributed by atoms with Crippen molar-refractivity contribution >= 4 is 71.8 Å². The van der Waals surface area contributed by atoms with Crippen LogP contribution in [0.3, 0.4) is 0 Å². The van der Waals surface area contributed by atoms with Gasteiger partial charge in [-0.05, 0) is 24.2 Å². The largest absolute Gasteiger partial charge is 0.0897 e. The van der Waals surface area contributed by atoms with Crippen molar-refractivity contribution in [3.63, 3.8) is 0 Å². The summed E-state index contributed by atoms with van der Waals surface area (Å²) >= 11 is 15.1. The van der Waals surface area contributed by atoms with E-state index in [2.05, 4.69) is 91.4 Å². The van der Waals surface area contributed by atoms with Crippen molar-refractivity contribution in [1.29, 1.82) is 0 Å². The maximum Gasteiger partial charge on any atom is 0.0579 e. The lowest BCUT2D eigenvalue weighted by Gasteiger charge is -2.36. The van der Waals surface area contributed by atoms with E-state index in [9.17, 15) is 0 Å². The molecule has 5 heteroatoms. The Morgan fingerprint density at radius 2 is 0.765 bits per heavy atom. The molecular formula is C12H24Br4Si. The molecule has 0 bridgehead atoms. The monoisotopic (exact) mass is 512 g/mol. The van der Waals surface area contributed by atoms with Crippen LogP contribution in [0, 0.1) is 0 Å². The van der Waals surface area contributed by atoms with Gasteiger partial charge in [-0.3, -0.25) is 0 Å².